The standard InChI is InChI=1S/C12H26O.C6H10O.H2O4S/c1-2-3-4-5-6-7-8-9-10-11-12-13;1-3-5-7-6-4-2;1-5(2,3)4/h13H,2-12H2,1H3;3-4H,1-2,5-6H2;(H2,1,2,3,4). The maximum atomic E-state index is 8.74. The molecule has 0 aromatic rings. The number of hydrogen-bond donors (Lipinski definition) is 3. The highest BCUT2D eigenvalue weighted by Gasteiger charge is 1.91. The van der Waals surface area contributed by atoms with Crippen molar-refractivity contribution in [1.82, 2.24) is 0 Å². The summed E-state index contributed by atoms with van der Waals surface area (Å²) in [5.41, 5.74) is 0. The Bertz CT molecular complexity index is 329. The molecule has 0 amide bonds. The first kappa shape index (κ1) is 29.0. The molecule has 0 saturated heterocycles. The van der Waals surface area contributed by atoms with E-state index in [2.05, 4.69) is 20.1 Å². The first-order valence-corrected chi connectivity index (χ1v) is 10.3. The highest BCUT2D eigenvalue weighted by molar-refractivity contribution is 7.79. The Morgan fingerprint density at radius 3 is 1.40 bits per heavy atom. The van der Waals surface area contributed by atoms with Crippen molar-refractivity contribution in [3.8, 4) is 0 Å². The smallest absolute Gasteiger partial charge is 0.394 e. The lowest BCUT2D eigenvalue weighted by atomic mass is 10.1. The van der Waals surface area contributed by atoms with Crippen LogP contribution < -0.4 is 0 Å². The van der Waals surface area contributed by atoms with E-state index in [9.17, 15) is 0 Å². The van der Waals surface area contributed by atoms with Gasteiger partial charge < -0.3 is 9.84 Å². The first-order chi connectivity index (χ1) is 11.8. The Labute approximate surface area is 154 Å². The van der Waals surface area contributed by atoms with Crippen molar-refractivity contribution in [2.24, 2.45) is 0 Å². The van der Waals surface area contributed by atoms with Gasteiger partial charge in [-0.05, 0) is 6.42 Å². The van der Waals surface area contributed by atoms with E-state index in [0.29, 0.717) is 19.8 Å². The normalized spacial score (nSPS) is 10.1. The van der Waals surface area contributed by atoms with E-state index in [1.165, 1.54) is 57.8 Å². The predicted octanol–water partition coefficient (Wildman–Crippen LogP) is 4.62. The van der Waals surface area contributed by atoms with E-state index >= 15 is 0 Å². The zero-order valence-electron chi connectivity index (χ0n) is 15.7. The Kier molecular flexibility index (Phi) is 29.6. The minimum absolute atomic E-state index is 0.372. The zero-order chi connectivity index (χ0) is 19.8. The molecule has 0 unspecified atom stereocenters. The predicted molar refractivity (Wildman–Crippen MR) is 104 cm³/mol. The molecule has 3 N–H and O–H groups in total. The van der Waals surface area contributed by atoms with Crippen LogP contribution in [0.2, 0.25) is 0 Å². The van der Waals surface area contributed by atoms with Crippen LogP contribution in [0.5, 0.6) is 0 Å². The molecule has 0 aliphatic heterocycles. The highest BCUT2D eigenvalue weighted by atomic mass is 32.3. The molecular formula is C18H38O6S. The second-order valence-electron chi connectivity index (χ2n) is 5.47. The average molecular weight is 383 g/mol. The third-order valence-electron chi connectivity index (χ3n) is 2.98. The van der Waals surface area contributed by atoms with Crippen LogP contribution in [0.15, 0.2) is 25.3 Å². The number of rotatable bonds is 14. The molecular weight excluding hydrogens is 344 g/mol. The van der Waals surface area contributed by atoms with Crippen molar-refractivity contribution in [1.29, 1.82) is 0 Å². The van der Waals surface area contributed by atoms with E-state index in [4.69, 9.17) is 27.4 Å². The van der Waals surface area contributed by atoms with E-state index in [1.807, 2.05) is 0 Å². The summed E-state index contributed by atoms with van der Waals surface area (Å²) in [4.78, 5) is 0. The van der Waals surface area contributed by atoms with Crippen molar-refractivity contribution in [2.75, 3.05) is 19.8 Å². The fourth-order valence-corrected chi connectivity index (χ4v) is 1.83. The summed E-state index contributed by atoms with van der Waals surface area (Å²) in [6.45, 7) is 10.8. The van der Waals surface area contributed by atoms with Gasteiger partial charge in [0.05, 0.1) is 13.2 Å². The summed E-state index contributed by atoms with van der Waals surface area (Å²) >= 11 is 0. The van der Waals surface area contributed by atoms with Crippen molar-refractivity contribution in [3.63, 3.8) is 0 Å². The van der Waals surface area contributed by atoms with E-state index < -0.39 is 10.4 Å². The summed E-state index contributed by atoms with van der Waals surface area (Å²) < 4.78 is 36.5. The van der Waals surface area contributed by atoms with Gasteiger partial charge in [0.25, 0.3) is 0 Å². The number of unbranched alkanes of at least 4 members (excludes halogenated alkanes) is 9. The fraction of sp³-hybridized carbons (Fsp3) is 0.778. The van der Waals surface area contributed by atoms with Crippen LogP contribution in [0.25, 0.3) is 0 Å². The molecule has 0 heterocycles. The second-order valence-corrected chi connectivity index (χ2v) is 6.36. The molecule has 0 fully saturated rings. The van der Waals surface area contributed by atoms with Gasteiger partial charge in [-0.25, -0.2) is 0 Å². The molecule has 0 bridgehead atoms. The van der Waals surface area contributed by atoms with Gasteiger partial charge in [-0.1, -0.05) is 76.9 Å². The maximum absolute atomic E-state index is 8.74. The monoisotopic (exact) mass is 382 g/mol. The quantitative estimate of drug-likeness (QED) is 0.230. The van der Waals surface area contributed by atoms with Gasteiger partial charge in [0.15, 0.2) is 0 Å². The van der Waals surface area contributed by atoms with Crippen LogP contribution in [0.4, 0.5) is 0 Å². The molecule has 25 heavy (non-hydrogen) atoms. The molecule has 0 aromatic carbocycles. The van der Waals surface area contributed by atoms with E-state index in [-0.39, 0.29) is 0 Å². The van der Waals surface area contributed by atoms with Crippen molar-refractivity contribution in [3.05, 3.63) is 25.3 Å². The van der Waals surface area contributed by atoms with Crippen LogP contribution in [-0.4, -0.2) is 42.5 Å². The SMILES string of the molecule is C=CCOCC=C.CCCCCCCCCCCCO.O=S(=O)(O)O. The largest absolute Gasteiger partial charge is 0.396 e. The molecule has 0 atom stereocenters. The summed E-state index contributed by atoms with van der Waals surface area (Å²) in [5.74, 6) is 0. The van der Waals surface area contributed by atoms with Crippen LogP contribution in [0.1, 0.15) is 71.1 Å². The van der Waals surface area contributed by atoms with Gasteiger partial charge >= 0.3 is 10.4 Å². The Morgan fingerprint density at radius 1 is 0.800 bits per heavy atom. The van der Waals surface area contributed by atoms with Gasteiger partial charge in [-0.3, -0.25) is 9.11 Å². The van der Waals surface area contributed by atoms with Crippen molar-refractivity contribution >= 4 is 10.4 Å². The third-order valence-corrected chi connectivity index (χ3v) is 2.98. The van der Waals surface area contributed by atoms with Crippen LogP contribution in [0, 0.1) is 0 Å². The molecule has 0 rings (SSSR count). The molecule has 0 aromatic heterocycles. The van der Waals surface area contributed by atoms with Crippen molar-refractivity contribution < 1.29 is 27.4 Å². The second kappa shape index (κ2) is 25.5. The maximum Gasteiger partial charge on any atom is 0.394 e. The Balaban J connectivity index is -0.000000337. The summed E-state index contributed by atoms with van der Waals surface area (Å²) in [7, 11) is -4.67. The van der Waals surface area contributed by atoms with Crippen LogP contribution >= 0.6 is 0 Å². The van der Waals surface area contributed by atoms with E-state index in [0.717, 1.165) is 6.42 Å². The number of ether oxygens (including phenoxy) is 1. The molecule has 0 aliphatic rings. The summed E-state index contributed by atoms with van der Waals surface area (Å²) in [5, 5.41) is 8.57. The number of aliphatic hydroxyl groups excluding tert-OH is 1. The van der Waals surface area contributed by atoms with Crippen LogP contribution in [-0.2, 0) is 15.1 Å². The Hall–Kier alpha value is -0.730. The lowest BCUT2D eigenvalue weighted by Crippen LogP contribution is -1.89. The van der Waals surface area contributed by atoms with Gasteiger partial charge in [-0.15, -0.1) is 13.2 Å². The molecule has 152 valence electrons. The summed E-state index contributed by atoms with van der Waals surface area (Å²) in [6, 6.07) is 0. The fourth-order valence-electron chi connectivity index (χ4n) is 1.83. The number of aliphatic hydroxyl groups is 1. The molecule has 6 nitrogen and oxygen atoms in total. The van der Waals surface area contributed by atoms with Gasteiger partial charge in [0.2, 0.25) is 0 Å². The number of hydrogen-bond acceptors (Lipinski definition) is 4. The van der Waals surface area contributed by atoms with Gasteiger partial charge in [0.1, 0.15) is 0 Å². The topological polar surface area (TPSA) is 104 Å². The lowest BCUT2D eigenvalue weighted by Gasteiger charge is -2.00. The summed E-state index contributed by atoms with van der Waals surface area (Å²) in [6.07, 6.45) is 16.7. The Morgan fingerprint density at radius 2 is 1.12 bits per heavy atom. The molecule has 0 spiro atoms. The molecule has 0 aliphatic carbocycles. The van der Waals surface area contributed by atoms with Crippen LogP contribution in [0.3, 0.4) is 0 Å². The highest BCUT2D eigenvalue weighted by Crippen LogP contribution is 2.09. The van der Waals surface area contributed by atoms with E-state index in [1.54, 1.807) is 12.2 Å². The molecule has 7 heteroatoms. The lowest BCUT2D eigenvalue weighted by molar-refractivity contribution is 0.194. The zero-order valence-corrected chi connectivity index (χ0v) is 16.6. The molecule has 0 radical (unpaired) electrons. The third kappa shape index (κ3) is 59.8. The first-order valence-electron chi connectivity index (χ1n) is 8.93. The average Bonchev–Trinajstić information content (AvgIpc) is 2.53. The van der Waals surface area contributed by atoms with Gasteiger partial charge in [-0.2, -0.15) is 8.42 Å². The molecule has 0 saturated carbocycles. The minimum atomic E-state index is -4.67. The van der Waals surface area contributed by atoms with Gasteiger partial charge in [0, 0.05) is 6.61 Å². The van der Waals surface area contributed by atoms with Crippen molar-refractivity contribution in [2.45, 2.75) is 71.1 Å². The minimum Gasteiger partial charge on any atom is -0.396 e.